The molecule has 0 unspecified atom stereocenters. The van der Waals surface area contributed by atoms with E-state index in [1.54, 1.807) is 6.92 Å². The largest absolute Gasteiger partial charge is 0.325 e. The quantitative estimate of drug-likeness (QED) is 0.745. The van der Waals surface area contributed by atoms with Gasteiger partial charge in [-0.25, -0.2) is 9.18 Å². The molecule has 2 aliphatic carbocycles. The molecular formula is C22H26FN3O3. The van der Waals surface area contributed by atoms with Crippen molar-refractivity contribution in [1.82, 2.24) is 15.1 Å². The summed E-state index contributed by atoms with van der Waals surface area (Å²) in [5.74, 6) is -1.09. The lowest BCUT2D eigenvalue weighted by Crippen LogP contribution is -2.46. The number of allylic oxidation sites excluding steroid dienone is 2. The van der Waals surface area contributed by atoms with Crippen molar-refractivity contribution in [3.8, 4) is 0 Å². The zero-order chi connectivity index (χ0) is 20.6. The second-order valence-corrected chi connectivity index (χ2v) is 8.02. The summed E-state index contributed by atoms with van der Waals surface area (Å²) in [5, 5.41) is 2.75. The predicted molar refractivity (Wildman–Crippen MR) is 105 cm³/mol. The van der Waals surface area contributed by atoms with Crippen molar-refractivity contribution < 1.29 is 18.8 Å². The average Bonchev–Trinajstić information content (AvgIpc) is 3.52. The van der Waals surface area contributed by atoms with E-state index in [1.165, 1.54) is 24.3 Å². The number of nitrogens with one attached hydrogen (secondary N) is 1. The first-order valence-electron chi connectivity index (χ1n) is 10.4. The SMILES string of the molecule is CC[C@]1(c2ccc(F)cc2)NC(=O)N(CC(=O)N(C2=CCCCC2)C2CC2)C1=O. The van der Waals surface area contributed by atoms with Crippen LogP contribution >= 0.6 is 0 Å². The third kappa shape index (κ3) is 3.54. The Morgan fingerprint density at radius 3 is 2.55 bits per heavy atom. The van der Waals surface area contributed by atoms with Gasteiger partial charge in [-0.1, -0.05) is 25.1 Å². The number of benzene rings is 1. The van der Waals surface area contributed by atoms with Crippen LogP contribution in [0.5, 0.6) is 0 Å². The van der Waals surface area contributed by atoms with E-state index in [2.05, 4.69) is 11.4 Å². The highest BCUT2D eigenvalue weighted by atomic mass is 19.1. The van der Waals surface area contributed by atoms with E-state index < -0.39 is 23.3 Å². The molecule has 4 rings (SSSR count). The number of imide groups is 1. The van der Waals surface area contributed by atoms with Gasteiger partial charge in [0.05, 0.1) is 0 Å². The van der Waals surface area contributed by atoms with Gasteiger partial charge in [-0.3, -0.25) is 14.5 Å². The summed E-state index contributed by atoms with van der Waals surface area (Å²) in [6.07, 6.45) is 8.32. The average molecular weight is 399 g/mol. The molecule has 1 heterocycles. The van der Waals surface area contributed by atoms with E-state index in [-0.39, 0.29) is 18.5 Å². The van der Waals surface area contributed by atoms with E-state index in [9.17, 15) is 18.8 Å². The Hall–Kier alpha value is -2.70. The van der Waals surface area contributed by atoms with Crippen LogP contribution in [-0.4, -0.2) is 40.2 Å². The molecule has 3 aliphatic rings. The Labute approximate surface area is 169 Å². The molecule has 1 saturated heterocycles. The first-order chi connectivity index (χ1) is 14.0. The predicted octanol–water partition coefficient (Wildman–Crippen LogP) is 3.43. The lowest BCUT2D eigenvalue weighted by Gasteiger charge is -2.29. The number of halogens is 1. The Kier molecular flexibility index (Phi) is 5.15. The highest BCUT2D eigenvalue weighted by Gasteiger charge is 2.52. The number of nitrogens with zero attached hydrogens (tertiary/aromatic N) is 2. The first kappa shape index (κ1) is 19.6. The van der Waals surface area contributed by atoms with Gasteiger partial charge < -0.3 is 10.2 Å². The highest BCUT2D eigenvalue weighted by Crippen LogP contribution is 2.35. The molecule has 7 heteroatoms. The molecule has 4 amide bonds. The Bertz CT molecular complexity index is 863. The lowest BCUT2D eigenvalue weighted by atomic mass is 9.87. The fourth-order valence-electron chi connectivity index (χ4n) is 4.33. The number of hydrogen-bond acceptors (Lipinski definition) is 3. The van der Waals surface area contributed by atoms with Crippen LogP contribution < -0.4 is 5.32 Å². The van der Waals surface area contributed by atoms with Gasteiger partial charge in [0, 0.05) is 11.7 Å². The number of amides is 4. The molecule has 1 saturated carbocycles. The molecule has 6 nitrogen and oxygen atoms in total. The maximum Gasteiger partial charge on any atom is 0.325 e. The van der Waals surface area contributed by atoms with Gasteiger partial charge in [0.1, 0.15) is 17.9 Å². The van der Waals surface area contributed by atoms with Gasteiger partial charge in [-0.2, -0.15) is 0 Å². The van der Waals surface area contributed by atoms with Crippen LogP contribution in [0.4, 0.5) is 9.18 Å². The van der Waals surface area contributed by atoms with Crippen LogP contribution in [0.2, 0.25) is 0 Å². The summed E-state index contributed by atoms with van der Waals surface area (Å²) in [5.41, 5.74) is 0.277. The number of carbonyl (C=O) groups is 3. The molecule has 29 heavy (non-hydrogen) atoms. The molecule has 0 aromatic heterocycles. The van der Waals surface area contributed by atoms with Crippen LogP contribution in [0, 0.1) is 5.82 Å². The zero-order valence-corrected chi connectivity index (χ0v) is 16.6. The molecule has 1 aliphatic heterocycles. The van der Waals surface area contributed by atoms with Gasteiger partial charge in [0.2, 0.25) is 5.91 Å². The van der Waals surface area contributed by atoms with Crippen LogP contribution in [0.15, 0.2) is 36.0 Å². The minimum Gasteiger partial charge on any atom is -0.319 e. The van der Waals surface area contributed by atoms with Gasteiger partial charge in [-0.05, 0) is 62.6 Å². The summed E-state index contributed by atoms with van der Waals surface area (Å²) in [6.45, 7) is 1.51. The van der Waals surface area contributed by atoms with E-state index in [4.69, 9.17) is 0 Å². The molecule has 0 radical (unpaired) electrons. The molecule has 1 atom stereocenters. The molecular weight excluding hydrogens is 373 g/mol. The van der Waals surface area contributed by atoms with E-state index in [0.29, 0.717) is 12.0 Å². The van der Waals surface area contributed by atoms with E-state index >= 15 is 0 Å². The van der Waals surface area contributed by atoms with Crippen molar-refractivity contribution >= 4 is 17.8 Å². The summed E-state index contributed by atoms with van der Waals surface area (Å²) in [4.78, 5) is 41.8. The topological polar surface area (TPSA) is 69.7 Å². The molecule has 0 spiro atoms. The summed E-state index contributed by atoms with van der Waals surface area (Å²) >= 11 is 0. The van der Waals surface area contributed by atoms with E-state index in [1.807, 2.05) is 4.90 Å². The first-order valence-corrected chi connectivity index (χ1v) is 10.4. The molecule has 1 N–H and O–H groups in total. The standard InChI is InChI=1S/C22H26FN3O3/c1-2-22(15-8-10-16(23)11-9-15)20(28)25(21(29)24-22)14-19(27)26(18-12-13-18)17-6-4-3-5-7-17/h6,8-11,18H,2-5,7,12-14H2,1H3,(H,24,29)/t22-/m1/s1. The van der Waals surface area contributed by atoms with Gasteiger partial charge in [0.25, 0.3) is 5.91 Å². The molecule has 2 fully saturated rings. The van der Waals surface area contributed by atoms with E-state index in [0.717, 1.165) is 49.1 Å². The smallest absolute Gasteiger partial charge is 0.319 e. The van der Waals surface area contributed by atoms with Crippen LogP contribution in [0.25, 0.3) is 0 Å². The Morgan fingerprint density at radius 2 is 1.97 bits per heavy atom. The van der Waals surface area contributed by atoms with Crippen LogP contribution in [-0.2, 0) is 15.1 Å². The fraction of sp³-hybridized carbons (Fsp3) is 0.500. The van der Waals surface area contributed by atoms with Gasteiger partial charge in [-0.15, -0.1) is 0 Å². The van der Waals surface area contributed by atoms with Crippen LogP contribution in [0.3, 0.4) is 0 Å². The maximum absolute atomic E-state index is 13.3. The number of rotatable bonds is 6. The van der Waals surface area contributed by atoms with Crippen molar-refractivity contribution in [2.75, 3.05) is 6.54 Å². The summed E-state index contributed by atoms with van der Waals surface area (Å²) in [7, 11) is 0. The number of hydrogen-bond donors (Lipinski definition) is 1. The van der Waals surface area contributed by atoms with Crippen molar-refractivity contribution in [3.63, 3.8) is 0 Å². The van der Waals surface area contributed by atoms with Crippen molar-refractivity contribution in [3.05, 3.63) is 47.4 Å². The minimum absolute atomic E-state index is 0.181. The second kappa shape index (κ2) is 7.61. The Morgan fingerprint density at radius 1 is 1.24 bits per heavy atom. The number of urea groups is 1. The minimum atomic E-state index is -1.26. The highest BCUT2D eigenvalue weighted by molar-refractivity contribution is 6.09. The monoisotopic (exact) mass is 399 g/mol. The van der Waals surface area contributed by atoms with Crippen molar-refractivity contribution in [2.24, 2.45) is 0 Å². The summed E-state index contributed by atoms with van der Waals surface area (Å²) in [6, 6.07) is 5.15. The zero-order valence-electron chi connectivity index (χ0n) is 16.6. The van der Waals surface area contributed by atoms with Gasteiger partial charge in [0.15, 0.2) is 0 Å². The third-order valence-electron chi connectivity index (χ3n) is 6.09. The normalized spacial score (nSPS) is 24.3. The third-order valence-corrected chi connectivity index (χ3v) is 6.09. The molecule has 0 bridgehead atoms. The molecule has 154 valence electrons. The fourth-order valence-corrected chi connectivity index (χ4v) is 4.33. The van der Waals surface area contributed by atoms with Crippen molar-refractivity contribution in [2.45, 2.75) is 63.5 Å². The second-order valence-electron chi connectivity index (χ2n) is 8.02. The van der Waals surface area contributed by atoms with Gasteiger partial charge >= 0.3 is 6.03 Å². The maximum atomic E-state index is 13.3. The lowest BCUT2D eigenvalue weighted by molar-refractivity contribution is -0.138. The molecule has 1 aromatic carbocycles. The summed E-state index contributed by atoms with van der Waals surface area (Å²) < 4.78 is 13.3. The van der Waals surface area contributed by atoms with Crippen molar-refractivity contribution in [1.29, 1.82) is 0 Å². The Balaban J connectivity index is 1.56. The van der Waals surface area contributed by atoms with Crippen LogP contribution in [0.1, 0.15) is 57.4 Å². The number of carbonyl (C=O) groups excluding carboxylic acids is 3. The molecule has 1 aromatic rings.